The molecule has 1 atom stereocenters. The van der Waals surface area contributed by atoms with Crippen molar-refractivity contribution >= 4 is 21.4 Å². The summed E-state index contributed by atoms with van der Waals surface area (Å²) in [4.78, 5) is 4.41. The van der Waals surface area contributed by atoms with Crippen molar-refractivity contribution in [3.8, 4) is 0 Å². The fourth-order valence-electron chi connectivity index (χ4n) is 1.68. The number of thiazole rings is 1. The van der Waals surface area contributed by atoms with Gasteiger partial charge in [0, 0.05) is 25.2 Å². The molecular weight excluding hydrogens is 310 g/mol. The lowest BCUT2D eigenvalue weighted by atomic mass is 10.3. The first kappa shape index (κ1) is 16.2. The molecule has 0 aromatic carbocycles. The summed E-state index contributed by atoms with van der Waals surface area (Å²) in [7, 11) is -0.565. The van der Waals surface area contributed by atoms with Crippen LogP contribution in [0, 0.1) is 6.92 Å². The van der Waals surface area contributed by atoms with E-state index in [0.717, 1.165) is 15.0 Å². The molecule has 0 aliphatic carbocycles. The zero-order valence-corrected chi connectivity index (χ0v) is 14.1. The number of aromatic nitrogens is 1. The number of nitrogens with zero attached hydrogens (tertiary/aromatic N) is 2. The molecule has 0 aliphatic rings. The number of furan rings is 1. The van der Waals surface area contributed by atoms with Crippen LogP contribution in [0.4, 0.5) is 0 Å². The van der Waals surface area contributed by atoms with Crippen molar-refractivity contribution in [1.82, 2.24) is 14.6 Å². The minimum Gasteiger partial charge on any atom is -0.447 e. The smallest absolute Gasteiger partial charge is 0.275 e. The zero-order chi connectivity index (χ0) is 15.6. The Kier molecular flexibility index (Phi) is 4.82. The van der Waals surface area contributed by atoms with Crippen molar-refractivity contribution in [3.63, 3.8) is 0 Å². The highest BCUT2D eigenvalue weighted by molar-refractivity contribution is 7.88. The van der Waals surface area contributed by atoms with Gasteiger partial charge in [0.15, 0.2) is 0 Å². The SMILES string of the molecule is Cc1csc(C(C)NCc2ccc(S(=O)(=O)N(C)C)o2)n1. The molecule has 0 fully saturated rings. The van der Waals surface area contributed by atoms with Crippen molar-refractivity contribution in [2.24, 2.45) is 0 Å². The lowest BCUT2D eigenvalue weighted by Crippen LogP contribution is -2.21. The topological polar surface area (TPSA) is 75.4 Å². The van der Waals surface area contributed by atoms with Crippen LogP contribution in [0.2, 0.25) is 0 Å². The second kappa shape index (κ2) is 6.27. The molecule has 2 rings (SSSR count). The number of rotatable bonds is 6. The molecule has 0 saturated heterocycles. The van der Waals surface area contributed by atoms with Gasteiger partial charge in [-0.15, -0.1) is 11.3 Å². The Morgan fingerprint density at radius 3 is 2.71 bits per heavy atom. The van der Waals surface area contributed by atoms with Crippen LogP contribution in [-0.4, -0.2) is 31.8 Å². The van der Waals surface area contributed by atoms with Crippen molar-refractivity contribution in [1.29, 1.82) is 0 Å². The predicted molar refractivity (Wildman–Crippen MR) is 81.7 cm³/mol. The van der Waals surface area contributed by atoms with Gasteiger partial charge in [0.25, 0.3) is 10.0 Å². The standard InChI is InChI=1S/C13H19N3O3S2/c1-9-8-20-13(15-9)10(2)14-7-11-5-6-12(19-11)21(17,18)16(3)4/h5-6,8,10,14H,7H2,1-4H3. The summed E-state index contributed by atoms with van der Waals surface area (Å²) in [5.41, 5.74) is 1.00. The number of hydrogen-bond acceptors (Lipinski definition) is 6. The second-order valence-corrected chi connectivity index (χ2v) is 7.91. The molecule has 0 spiro atoms. The van der Waals surface area contributed by atoms with Crippen molar-refractivity contribution in [2.45, 2.75) is 31.5 Å². The molecule has 2 aromatic rings. The Labute approximate surface area is 128 Å². The highest BCUT2D eigenvalue weighted by Crippen LogP contribution is 2.20. The molecule has 0 saturated carbocycles. The van der Waals surface area contributed by atoms with Gasteiger partial charge in [-0.3, -0.25) is 0 Å². The predicted octanol–water partition coefficient (Wildman–Crippen LogP) is 2.15. The van der Waals surface area contributed by atoms with E-state index in [0.29, 0.717) is 12.3 Å². The maximum Gasteiger partial charge on any atom is 0.275 e. The van der Waals surface area contributed by atoms with Crippen molar-refractivity contribution in [2.75, 3.05) is 14.1 Å². The first-order valence-corrected chi connectivity index (χ1v) is 8.79. The van der Waals surface area contributed by atoms with Crippen LogP contribution in [0.3, 0.4) is 0 Å². The molecule has 0 radical (unpaired) electrons. The fourth-order valence-corrected chi connectivity index (χ4v) is 3.32. The number of nitrogens with one attached hydrogen (secondary N) is 1. The molecule has 0 bridgehead atoms. The Balaban J connectivity index is 2.00. The molecule has 0 amide bonds. The van der Waals surface area contributed by atoms with Crippen LogP contribution >= 0.6 is 11.3 Å². The van der Waals surface area contributed by atoms with Gasteiger partial charge in [0.2, 0.25) is 5.09 Å². The van der Waals surface area contributed by atoms with Gasteiger partial charge in [0.1, 0.15) is 10.8 Å². The Morgan fingerprint density at radius 1 is 1.43 bits per heavy atom. The van der Waals surface area contributed by atoms with Crippen LogP contribution in [0.1, 0.15) is 29.4 Å². The van der Waals surface area contributed by atoms with E-state index >= 15 is 0 Å². The number of aryl methyl sites for hydroxylation is 1. The van der Waals surface area contributed by atoms with E-state index < -0.39 is 10.0 Å². The minimum absolute atomic E-state index is 0.0398. The average Bonchev–Trinajstić information content (AvgIpc) is 3.04. The molecule has 0 aliphatic heterocycles. The van der Waals surface area contributed by atoms with Gasteiger partial charge in [-0.25, -0.2) is 17.7 Å². The lowest BCUT2D eigenvalue weighted by molar-refractivity contribution is 0.382. The second-order valence-electron chi connectivity index (χ2n) is 4.94. The quantitative estimate of drug-likeness (QED) is 0.879. The number of sulfonamides is 1. The van der Waals surface area contributed by atoms with Crippen LogP contribution in [0.15, 0.2) is 27.0 Å². The maximum atomic E-state index is 11.9. The average molecular weight is 329 g/mol. The van der Waals surface area contributed by atoms with E-state index in [9.17, 15) is 8.42 Å². The van der Waals surface area contributed by atoms with E-state index in [1.807, 2.05) is 19.2 Å². The van der Waals surface area contributed by atoms with Crippen LogP contribution in [0.25, 0.3) is 0 Å². The summed E-state index contributed by atoms with van der Waals surface area (Å²) in [6.45, 7) is 4.42. The molecule has 2 aromatic heterocycles. The first-order valence-electron chi connectivity index (χ1n) is 6.47. The summed E-state index contributed by atoms with van der Waals surface area (Å²) < 4.78 is 30.3. The fraction of sp³-hybridized carbons (Fsp3) is 0.462. The Morgan fingerprint density at radius 2 is 2.14 bits per heavy atom. The van der Waals surface area contributed by atoms with Gasteiger partial charge >= 0.3 is 0 Å². The Hall–Kier alpha value is -1.22. The van der Waals surface area contributed by atoms with E-state index in [2.05, 4.69) is 10.3 Å². The summed E-state index contributed by atoms with van der Waals surface area (Å²) in [5, 5.41) is 6.23. The summed E-state index contributed by atoms with van der Waals surface area (Å²) in [6, 6.07) is 3.23. The highest BCUT2D eigenvalue weighted by atomic mass is 32.2. The van der Waals surface area contributed by atoms with Crippen LogP contribution in [0.5, 0.6) is 0 Å². The molecule has 1 N–H and O–H groups in total. The summed E-state index contributed by atoms with van der Waals surface area (Å²) >= 11 is 1.60. The van der Waals surface area contributed by atoms with Gasteiger partial charge in [-0.2, -0.15) is 0 Å². The third-order valence-corrected chi connectivity index (χ3v) is 5.80. The van der Waals surface area contributed by atoms with E-state index in [1.165, 1.54) is 20.2 Å². The molecule has 6 nitrogen and oxygen atoms in total. The lowest BCUT2D eigenvalue weighted by Gasteiger charge is -2.10. The van der Waals surface area contributed by atoms with Gasteiger partial charge in [-0.1, -0.05) is 0 Å². The summed E-state index contributed by atoms with van der Waals surface area (Å²) in [6.07, 6.45) is 0. The molecular formula is C13H19N3O3S2. The van der Waals surface area contributed by atoms with E-state index in [-0.39, 0.29) is 11.1 Å². The highest BCUT2D eigenvalue weighted by Gasteiger charge is 2.21. The molecule has 8 heteroatoms. The normalized spacial score (nSPS) is 13.8. The molecule has 1 unspecified atom stereocenters. The van der Waals surface area contributed by atoms with Gasteiger partial charge in [-0.05, 0) is 26.0 Å². The third kappa shape index (κ3) is 3.70. The van der Waals surface area contributed by atoms with Gasteiger partial charge < -0.3 is 9.73 Å². The largest absolute Gasteiger partial charge is 0.447 e. The van der Waals surface area contributed by atoms with Crippen LogP contribution < -0.4 is 5.32 Å². The molecule has 116 valence electrons. The molecule has 21 heavy (non-hydrogen) atoms. The third-order valence-electron chi connectivity index (χ3n) is 2.96. The number of hydrogen-bond donors (Lipinski definition) is 1. The zero-order valence-electron chi connectivity index (χ0n) is 12.5. The van der Waals surface area contributed by atoms with Crippen LogP contribution in [-0.2, 0) is 16.6 Å². The first-order chi connectivity index (χ1) is 9.80. The van der Waals surface area contributed by atoms with Crippen molar-refractivity contribution < 1.29 is 12.8 Å². The Bertz CT molecular complexity index is 704. The summed E-state index contributed by atoms with van der Waals surface area (Å²) in [5.74, 6) is 0.579. The molecule has 2 heterocycles. The van der Waals surface area contributed by atoms with Crippen molar-refractivity contribution in [3.05, 3.63) is 34.0 Å². The van der Waals surface area contributed by atoms with E-state index in [1.54, 1.807) is 17.4 Å². The monoisotopic (exact) mass is 329 g/mol. The minimum atomic E-state index is -3.51. The van der Waals surface area contributed by atoms with E-state index in [4.69, 9.17) is 4.42 Å². The van der Waals surface area contributed by atoms with Gasteiger partial charge in [0.05, 0.1) is 12.6 Å². The maximum absolute atomic E-state index is 11.9.